The van der Waals surface area contributed by atoms with Gasteiger partial charge >= 0.3 is 0 Å². The number of hydrogen-bond donors (Lipinski definition) is 1. The molecule has 1 aromatic rings. The van der Waals surface area contributed by atoms with Gasteiger partial charge in [0, 0.05) is 41.8 Å². The van der Waals surface area contributed by atoms with Crippen LogP contribution in [0.2, 0.25) is 10.0 Å². The highest BCUT2D eigenvalue weighted by atomic mass is 35.5. The summed E-state index contributed by atoms with van der Waals surface area (Å²) >= 11 is 12.5. The van der Waals surface area contributed by atoms with Gasteiger partial charge in [-0.2, -0.15) is 0 Å². The molecule has 0 aromatic heterocycles. The lowest BCUT2D eigenvalue weighted by molar-refractivity contribution is 0.105. The summed E-state index contributed by atoms with van der Waals surface area (Å²) in [5.41, 5.74) is 1.13. The van der Waals surface area contributed by atoms with Gasteiger partial charge in [-0.15, -0.1) is 0 Å². The largest absolute Gasteiger partial charge is 0.311 e. The summed E-state index contributed by atoms with van der Waals surface area (Å²) in [5.74, 6) is 0.701. The van der Waals surface area contributed by atoms with Crippen LogP contribution in [0, 0.1) is 5.92 Å². The Morgan fingerprint density at radius 2 is 2.10 bits per heavy atom. The molecular weight excluding hydrogens is 303 g/mol. The molecule has 21 heavy (non-hydrogen) atoms. The Balaban J connectivity index is 2.13. The summed E-state index contributed by atoms with van der Waals surface area (Å²) in [6.45, 7) is 9.85. The normalized spacial score (nSPS) is 23.7. The minimum absolute atomic E-state index is 0.572. The first-order valence-corrected chi connectivity index (χ1v) is 8.66. The molecule has 2 atom stereocenters. The quantitative estimate of drug-likeness (QED) is 0.850. The van der Waals surface area contributed by atoms with E-state index in [0.717, 1.165) is 41.7 Å². The molecule has 0 saturated carbocycles. The van der Waals surface area contributed by atoms with Gasteiger partial charge < -0.3 is 5.32 Å². The summed E-state index contributed by atoms with van der Waals surface area (Å²) < 4.78 is 0. The minimum atomic E-state index is 0.572. The summed E-state index contributed by atoms with van der Waals surface area (Å²) in [5, 5.41) is 5.24. The zero-order valence-corrected chi connectivity index (χ0v) is 14.7. The van der Waals surface area contributed by atoms with Gasteiger partial charge in [0.15, 0.2) is 0 Å². The first-order chi connectivity index (χ1) is 9.99. The molecular formula is C17H26Cl2N2. The highest BCUT2D eigenvalue weighted by Crippen LogP contribution is 2.25. The van der Waals surface area contributed by atoms with Crippen LogP contribution in [0.4, 0.5) is 0 Å². The van der Waals surface area contributed by atoms with Crippen molar-refractivity contribution in [2.75, 3.05) is 13.1 Å². The number of rotatable bonds is 5. The summed E-state index contributed by atoms with van der Waals surface area (Å²) in [7, 11) is 0. The van der Waals surface area contributed by atoms with E-state index in [9.17, 15) is 0 Å². The fourth-order valence-corrected chi connectivity index (χ4v) is 3.43. The van der Waals surface area contributed by atoms with Crippen molar-refractivity contribution in [2.45, 2.75) is 52.2 Å². The Labute approximate surface area is 138 Å². The predicted octanol–water partition coefficient (Wildman–Crippen LogP) is 4.59. The standard InChI is InChI=1S/C17H26Cl2N2/c1-4-15-11-21(16(9-20-15)7-12(2)3)10-13-8-14(18)5-6-17(13)19/h5-6,8,12,15-16,20H,4,7,9-11H2,1-3H3. The van der Waals surface area contributed by atoms with E-state index in [1.807, 2.05) is 18.2 Å². The molecule has 1 aromatic carbocycles. The first-order valence-electron chi connectivity index (χ1n) is 7.91. The maximum Gasteiger partial charge on any atom is 0.0452 e. The van der Waals surface area contributed by atoms with Crippen molar-refractivity contribution in [3.8, 4) is 0 Å². The summed E-state index contributed by atoms with van der Waals surface area (Å²) in [6, 6.07) is 6.90. The predicted molar refractivity (Wildman–Crippen MR) is 92.2 cm³/mol. The second kappa shape index (κ2) is 7.82. The molecule has 0 bridgehead atoms. The van der Waals surface area contributed by atoms with Crippen LogP contribution < -0.4 is 5.32 Å². The van der Waals surface area contributed by atoms with E-state index in [2.05, 4.69) is 31.0 Å². The first kappa shape index (κ1) is 17.1. The molecule has 0 amide bonds. The Morgan fingerprint density at radius 3 is 2.76 bits per heavy atom. The van der Waals surface area contributed by atoms with E-state index in [1.54, 1.807) is 0 Å². The van der Waals surface area contributed by atoms with E-state index < -0.39 is 0 Å². The van der Waals surface area contributed by atoms with Crippen molar-refractivity contribution in [3.63, 3.8) is 0 Å². The van der Waals surface area contributed by atoms with E-state index in [1.165, 1.54) is 6.42 Å². The second-order valence-electron chi connectivity index (χ2n) is 6.46. The highest BCUT2D eigenvalue weighted by molar-refractivity contribution is 6.33. The topological polar surface area (TPSA) is 15.3 Å². The molecule has 2 unspecified atom stereocenters. The molecule has 0 radical (unpaired) electrons. The van der Waals surface area contributed by atoms with Crippen LogP contribution in [0.15, 0.2) is 18.2 Å². The van der Waals surface area contributed by atoms with Gasteiger partial charge in [0.05, 0.1) is 0 Å². The molecule has 0 spiro atoms. The average molecular weight is 329 g/mol. The van der Waals surface area contributed by atoms with Crippen molar-refractivity contribution in [2.24, 2.45) is 5.92 Å². The van der Waals surface area contributed by atoms with Gasteiger partial charge in [0.2, 0.25) is 0 Å². The molecule has 1 aliphatic heterocycles. The number of halogens is 2. The maximum absolute atomic E-state index is 6.34. The number of benzene rings is 1. The molecule has 118 valence electrons. The Morgan fingerprint density at radius 1 is 1.33 bits per heavy atom. The Hall–Kier alpha value is -0.280. The zero-order chi connectivity index (χ0) is 15.4. The van der Waals surface area contributed by atoms with Gasteiger partial charge in [-0.05, 0) is 42.5 Å². The van der Waals surface area contributed by atoms with Crippen LogP contribution in [0.3, 0.4) is 0 Å². The molecule has 4 heteroatoms. The SMILES string of the molecule is CCC1CN(Cc2cc(Cl)ccc2Cl)C(CC(C)C)CN1. The van der Waals surface area contributed by atoms with Crippen molar-refractivity contribution >= 4 is 23.2 Å². The smallest absolute Gasteiger partial charge is 0.0452 e. The van der Waals surface area contributed by atoms with E-state index >= 15 is 0 Å². The lowest BCUT2D eigenvalue weighted by Crippen LogP contribution is -2.56. The maximum atomic E-state index is 6.34. The third-order valence-electron chi connectivity index (χ3n) is 4.23. The molecule has 0 aliphatic carbocycles. The van der Waals surface area contributed by atoms with E-state index in [0.29, 0.717) is 18.0 Å². The summed E-state index contributed by atoms with van der Waals surface area (Å²) in [4.78, 5) is 2.57. The number of hydrogen-bond acceptors (Lipinski definition) is 2. The molecule has 2 rings (SSSR count). The number of nitrogens with one attached hydrogen (secondary N) is 1. The lowest BCUT2D eigenvalue weighted by Gasteiger charge is -2.41. The fraction of sp³-hybridized carbons (Fsp3) is 0.647. The fourth-order valence-electron chi connectivity index (χ4n) is 3.06. The molecule has 1 aliphatic rings. The minimum Gasteiger partial charge on any atom is -0.311 e. The van der Waals surface area contributed by atoms with Gasteiger partial charge in [-0.1, -0.05) is 44.0 Å². The van der Waals surface area contributed by atoms with Crippen LogP contribution in [0.1, 0.15) is 39.2 Å². The van der Waals surface area contributed by atoms with Gasteiger partial charge in [0.1, 0.15) is 0 Å². The lowest BCUT2D eigenvalue weighted by atomic mass is 9.97. The molecule has 1 N–H and O–H groups in total. The van der Waals surface area contributed by atoms with Gasteiger partial charge in [-0.3, -0.25) is 4.90 Å². The second-order valence-corrected chi connectivity index (χ2v) is 7.31. The molecule has 1 fully saturated rings. The van der Waals surface area contributed by atoms with E-state index in [-0.39, 0.29) is 0 Å². The monoisotopic (exact) mass is 328 g/mol. The molecule has 1 saturated heterocycles. The van der Waals surface area contributed by atoms with Crippen LogP contribution >= 0.6 is 23.2 Å². The number of nitrogens with zero attached hydrogens (tertiary/aromatic N) is 1. The van der Waals surface area contributed by atoms with Crippen molar-refractivity contribution in [1.29, 1.82) is 0 Å². The van der Waals surface area contributed by atoms with Crippen molar-refractivity contribution in [3.05, 3.63) is 33.8 Å². The Kier molecular flexibility index (Phi) is 6.36. The Bertz CT molecular complexity index is 462. The average Bonchev–Trinajstić information content (AvgIpc) is 2.44. The third-order valence-corrected chi connectivity index (χ3v) is 4.83. The van der Waals surface area contributed by atoms with Crippen LogP contribution in [0.25, 0.3) is 0 Å². The number of piperazine rings is 1. The van der Waals surface area contributed by atoms with Crippen LogP contribution in [-0.4, -0.2) is 30.1 Å². The molecule has 1 heterocycles. The van der Waals surface area contributed by atoms with Crippen molar-refractivity contribution < 1.29 is 0 Å². The van der Waals surface area contributed by atoms with Crippen LogP contribution in [-0.2, 0) is 6.54 Å². The third kappa shape index (κ3) is 4.85. The summed E-state index contributed by atoms with van der Waals surface area (Å²) in [6.07, 6.45) is 2.37. The zero-order valence-electron chi connectivity index (χ0n) is 13.2. The van der Waals surface area contributed by atoms with Crippen LogP contribution in [0.5, 0.6) is 0 Å². The molecule has 2 nitrogen and oxygen atoms in total. The highest BCUT2D eigenvalue weighted by Gasteiger charge is 2.27. The van der Waals surface area contributed by atoms with Gasteiger partial charge in [0.25, 0.3) is 0 Å². The van der Waals surface area contributed by atoms with Gasteiger partial charge in [-0.25, -0.2) is 0 Å². The van der Waals surface area contributed by atoms with Crippen molar-refractivity contribution in [1.82, 2.24) is 10.2 Å². The van der Waals surface area contributed by atoms with E-state index in [4.69, 9.17) is 23.2 Å².